The Bertz CT molecular complexity index is 1230. The number of halogens is 1. The van der Waals surface area contributed by atoms with E-state index in [2.05, 4.69) is 32.8 Å². The Balaban J connectivity index is 1.48. The molecular formula is C27H36IN5O5S. The molecular weight excluding hydrogens is 633 g/mol. The lowest BCUT2D eigenvalue weighted by Crippen LogP contribution is -2.61. The third kappa shape index (κ3) is 7.69. The van der Waals surface area contributed by atoms with Crippen LogP contribution in [0.1, 0.15) is 12.0 Å². The lowest BCUT2D eigenvalue weighted by atomic mass is 10.1. The van der Waals surface area contributed by atoms with Gasteiger partial charge in [-0.2, -0.15) is 4.31 Å². The lowest BCUT2D eigenvalue weighted by molar-refractivity contribution is -0.136. The van der Waals surface area contributed by atoms with Crippen molar-refractivity contribution in [1.82, 2.24) is 19.4 Å². The largest absolute Gasteiger partial charge is 0.379 e. The number of morpholine rings is 1. The van der Waals surface area contributed by atoms with Crippen molar-refractivity contribution < 1.29 is 22.7 Å². The first kappa shape index (κ1) is 29.7. The molecule has 0 aromatic heterocycles. The summed E-state index contributed by atoms with van der Waals surface area (Å²) in [6.07, 6.45) is 0.316. The number of hydrogen-bond acceptors (Lipinski definition) is 7. The maximum Gasteiger partial charge on any atom is 0.243 e. The van der Waals surface area contributed by atoms with Crippen molar-refractivity contribution in [2.75, 3.05) is 71.5 Å². The summed E-state index contributed by atoms with van der Waals surface area (Å²) in [7, 11) is -0.0363. The number of ether oxygens (including phenoxy) is 1. The smallest absolute Gasteiger partial charge is 0.243 e. The van der Waals surface area contributed by atoms with Crippen LogP contribution >= 0.6 is 22.6 Å². The first-order chi connectivity index (χ1) is 18.6. The third-order valence-corrected chi connectivity index (χ3v) is 9.71. The Morgan fingerprint density at radius 1 is 1.00 bits per heavy atom. The highest BCUT2D eigenvalue weighted by Crippen LogP contribution is 2.23. The molecule has 1 unspecified atom stereocenters. The van der Waals surface area contributed by atoms with E-state index in [1.54, 1.807) is 29.2 Å². The van der Waals surface area contributed by atoms with E-state index in [-0.39, 0.29) is 37.0 Å². The van der Waals surface area contributed by atoms with Crippen LogP contribution in [-0.2, 0) is 30.9 Å². The van der Waals surface area contributed by atoms with Crippen molar-refractivity contribution in [3.05, 3.63) is 57.7 Å². The standard InChI is InChI=1S/C27H36IN5O5S/c1-30(2)23-7-3-21(4-8-23)19-29-27(35)25-20-32(26(34)11-12-31-15-17-38-18-16-31)13-14-33(25)39(36,37)24-9-5-22(28)6-10-24/h3-10,25H,11-20H2,1-2H3,(H,29,35). The van der Waals surface area contributed by atoms with Crippen molar-refractivity contribution in [3.8, 4) is 0 Å². The number of piperazine rings is 1. The van der Waals surface area contributed by atoms with Gasteiger partial charge >= 0.3 is 0 Å². The van der Waals surface area contributed by atoms with Gasteiger partial charge in [-0.1, -0.05) is 12.1 Å². The summed E-state index contributed by atoms with van der Waals surface area (Å²) in [5.74, 6) is -0.503. The Morgan fingerprint density at radius 3 is 2.31 bits per heavy atom. The van der Waals surface area contributed by atoms with Gasteiger partial charge in [0.25, 0.3) is 0 Å². The molecule has 1 atom stereocenters. The first-order valence-corrected chi connectivity index (χ1v) is 15.6. The number of carbonyl (C=O) groups is 2. The van der Waals surface area contributed by atoms with E-state index in [0.29, 0.717) is 26.2 Å². The van der Waals surface area contributed by atoms with Gasteiger partial charge in [0, 0.05) is 75.6 Å². The Morgan fingerprint density at radius 2 is 1.67 bits per heavy atom. The van der Waals surface area contributed by atoms with E-state index in [1.165, 1.54) is 4.31 Å². The minimum absolute atomic E-state index is 0.0109. The normalized spacial score (nSPS) is 19.1. The summed E-state index contributed by atoms with van der Waals surface area (Å²) < 4.78 is 34.8. The molecule has 2 aliphatic rings. The summed E-state index contributed by atoms with van der Waals surface area (Å²) in [5.41, 5.74) is 1.94. The zero-order chi connectivity index (χ0) is 28.0. The van der Waals surface area contributed by atoms with Gasteiger partial charge in [-0.3, -0.25) is 14.5 Å². The highest BCUT2D eigenvalue weighted by molar-refractivity contribution is 14.1. The number of anilines is 1. The summed E-state index contributed by atoms with van der Waals surface area (Å²) in [4.78, 5) is 32.5. The van der Waals surface area contributed by atoms with Crippen molar-refractivity contribution in [2.45, 2.75) is 23.9 Å². The van der Waals surface area contributed by atoms with Gasteiger partial charge in [0.2, 0.25) is 21.8 Å². The monoisotopic (exact) mass is 669 g/mol. The lowest BCUT2D eigenvalue weighted by Gasteiger charge is -2.40. The summed E-state index contributed by atoms with van der Waals surface area (Å²) >= 11 is 2.12. The van der Waals surface area contributed by atoms with Crippen LogP contribution in [0.4, 0.5) is 5.69 Å². The van der Waals surface area contributed by atoms with Gasteiger partial charge in [-0.05, 0) is 64.6 Å². The molecule has 0 saturated carbocycles. The average Bonchev–Trinajstić information content (AvgIpc) is 2.95. The van der Waals surface area contributed by atoms with E-state index < -0.39 is 22.0 Å². The van der Waals surface area contributed by atoms with Crippen LogP contribution < -0.4 is 10.2 Å². The fourth-order valence-corrected chi connectivity index (χ4v) is 6.62. The van der Waals surface area contributed by atoms with E-state index in [4.69, 9.17) is 4.74 Å². The van der Waals surface area contributed by atoms with Crippen LogP contribution in [0.2, 0.25) is 0 Å². The minimum Gasteiger partial charge on any atom is -0.379 e. The molecule has 0 spiro atoms. The molecule has 212 valence electrons. The zero-order valence-electron chi connectivity index (χ0n) is 22.4. The molecule has 10 nitrogen and oxygen atoms in total. The number of rotatable bonds is 9. The van der Waals surface area contributed by atoms with Crippen LogP contribution in [0.15, 0.2) is 53.4 Å². The summed E-state index contributed by atoms with van der Waals surface area (Å²) in [6, 6.07) is 13.3. The second-order valence-corrected chi connectivity index (χ2v) is 13.0. The van der Waals surface area contributed by atoms with Crippen molar-refractivity contribution in [1.29, 1.82) is 0 Å². The van der Waals surface area contributed by atoms with Crippen LogP contribution in [0.25, 0.3) is 0 Å². The molecule has 2 fully saturated rings. The number of hydrogen-bond donors (Lipinski definition) is 1. The molecule has 2 aliphatic heterocycles. The van der Waals surface area contributed by atoms with E-state index in [9.17, 15) is 18.0 Å². The fraction of sp³-hybridized carbons (Fsp3) is 0.481. The van der Waals surface area contributed by atoms with Gasteiger partial charge in [-0.25, -0.2) is 8.42 Å². The number of carbonyl (C=O) groups excluding carboxylic acids is 2. The van der Waals surface area contributed by atoms with Crippen LogP contribution in [0.5, 0.6) is 0 Å². The molecule has 39 heavy (non-hydrogen) atoms. The second kappa shape index (κ2) is 13.4. The highest BCUT2D eigenvalue weighted by atomic mass is 127. The van der Waals surface area contributed by atoms with Gasteiger partial charge in [-0.15, -0.1) is 0 Å². The van der Waals surface area contributed by atoms with Crippen LogP contribution in [0.3, 0.4) is 0 Å². The summed E-state index contributed by atoms with van der Waals surface area (Å²) in [5, 5.41) is 2.90. The van der Waals surface area contributed by atoms with Crippen molar-refractivity contribution >= 4 is 50.1 Å². The predicted molar refractivity (Wildman–Crippen MR) is 158 cm³/mol. The Kier molecular flexibility index (Phi) is 10.2. The topological polar surface area (TPSA) is 102 Å². The number of nitrogens with zero attached hydrogens (tertiary/aromatic N) is 4. The number of amides is 2. The van der Waals surface area contributed by atoms with Gasteiger partial charge in [0.15, 0.2) is 0 Å². The maximum absolute atomic E-state index is 13.6. The van der Waals surface area contributed by atoms with Crippen LogP contribution in [0, 0.1) is 3.57 Å². The minimum atomic E-state index is -3.95. The molecule has 12 heteroatoms. The third-order valence-electron chi connectivity index (χ3n) is 7.07. The number of sulfonamides is 1. The van der Waals surface area contributed by atoms with Crippen LogP contribution in [-0.4, -0.2) is 107 Å². The van der Waals surface area contributed by atoms with Gasteiger partial charge < -0.3 is 19.9 Å². The second-order valence-electron chi connectivity index (χ2n) is 9.91. The highest BCUT2D eigenvalue weighted by Gasteiger charge is 2.41. The fourth-order valence-electron chi connectivity index (χ4n) is 4.69. The molecule has 2 aromatic rings. The molecule has 0 radical (unpaired) electrons. The molecule has 2 aromatic carbocycles. The molecule has 0 aliphatic carbocycles. The van der Waals surface area contributed by atoms with E-state index in [1.807, 2.05) is 43.3 Å². The molecule has 1 N–H and O–H groups in total. The summed E-state index contributed by atoms with van der Waals surface area (Å²) in [6.45, 7) is 4.05. The molecule has 2 amide bonds. The van der Waals surface area contributed by atoms with Crippen molar-refractivity contribution in [3.63, 3.8) is 0 Å². The molecule has 2 saturated heterocycles. The molecule has 0 bridgehead atoms. The number of benzene rings is 2. The van der Waals surface area contributed by atoms with Gasteiger partial charge in [0.1, 0.15) is 6.04 Å². The average molecular weight is 670 g/mol. The first-order valence-electron chi connectivity index (χ1n) is 13.0. The van der Waals surface area contributed by atoms with E-state index in [0.717, 1.165) is 27.9 Å². The van der Waals surface area contributed by atoms with Gasteiger partial charge in [0.05, 0.1) is 18.1 Å². The number of nitrogens with one attached hydrogen (secondary N) is 1. The predicted octanol–water partition coefficient (Wildman–Crippen LogP) is 1.60. The zero-order valence-corrected chi connectivity index (χ0v) is 25.4. The Hall–Kier alpha value is -2.26. The quantitative estimate of drug-likeness (QED) is 0.405. The Labute approximate surface area is 244 Å². The molecule has 2 heterocycles. The molecule has 4 rings (SSSR count). The SMILES string of the molecule is CN(C)c1ccc(CNC(=O)C2CN(C(=O)CCN3CCOCC3)CCN2S(=O)(=O)c2ccc(I)cc2)cc1. The van der Waals surface area contributed by atoms with Crippen molar-refractivity contribution in [2.24, 2.45) is 0 Å². The van der Waals surface area contributed by atoms with E-state index >= 15 is 0 Å². The maximum atomic E-state index is 13.6.